The van der Waals surface area contributed by atoms with Gasteiger partial charge < -0.3 is 0 Å². The monoisotopic (exact) mass is 166 g/mol. The summed E-state index contributed by atoms with van der Waals surface area (Å²) in [7, 11) is 6.25. The average molecular weight is 166 g/mol. The van der Waals surface area contributed by atoms with Crippen molar-refractivity contribution in [2.24, 2.45) is 11.8 Å². The molecule has 0 aliphatic carbocycles. The molecule has 0 bridgehead atoms. The van der Waals surface area contributed by atoms with E-state index in [2.05, 4.69) is 34.6 Å². The van der Waals surface area contributed by atoms with Gasteiger partial charge in [-0.05, 0) is 11.8 Å². The van der Waals surface area contributed by atoms with E-state index in [1.165, 1.54) is 12.8 Å². The van der Waals surface area contributed by atoms with Gasteiger partial charge in [0.15, 0.2) is 0 Å². The topological polar surface area (TPSA) is 0 Å². The first-order chi connectivity index (χ1) is 5.45. The minimum atomic E-state index is 0.0319. The van der Waals surface area contributed by atoms with E-state index in [1.54, 1.807) is 0 Å². The van der Waals surface area contributed by atoms with E-state index < -0.39 is 0 Å². The quantitative estimate of drug-likeness (QED) is 0.544. The summed E-state index contributed by atoms with van der Waals surface area (Å²) >= 11 is 0. The molecule has 2 unspecified atom stereocenters. The van der Waals surface area contributed by atoms with Gasteiger partial charge >= 0.3 is 0 Å². The highest BCUT2D eigenvalue weighted by Gasteiger charge is 2.28. The maximum absolute atomic E-state index is 6.25. The summed E-state index contributed by atoms with van der Waals surface area (Å²) in [4.78, 5) is 0. The molecule has 0 spiro atoms. The van der Waals surface area contributed by atoms with Gasteiger partial charge in [0.2, 0.25) is 0 Å². The molecule has 0 N–H and O–H groups in total. The van der Waals surface area contributed by atoms with E-state index in [1.807, 2.05) is 0 Å². The van der Waals surface area contributed by atoms with Crippen molar-refractivity contribution < 1.29 is 0 Å². The molecule has 0 aromatic heterocycles. The van der Waals surface area contributed by atoms with Crippen LogP contribution < -0.4 is 0 Å². The first-order valence-electron chi connectivity index (χ1n) is 5.24. The highest BCUT2D eigenvalue weighted by molar-refractivity contribution is 6.15. The van der Waals surface area contributed by atoms with Crippen LogP contribution in [0.4, 0.5) is 0 Å². The lowest BCUT2D eigenvalue weighted by Crippen LogP contribution is -2.24. The van der Waals surface area contributed by atoms with E-state index >= 15 is 0 Å². The maximum atomic E-state index is 6.25. The van der Waals surface area contributed by atoms with Gasteiger partial charge in [0.05, 0.1) is 7.85 Å². The maximum Gasteiger partial charge on any atom is 0.0746 e. The Kier molecular flexibility index (Phi) is 4.97. The molecule has 1 heteroatoms. The molecule has 0 aliphatic heterocycles. The van der Waals surface area contributed by atoms with Crippen LogP contribution in [0, 0.1) is 11.8 Å². The molecule has 2 atom stereocenters. The van der Waals surface area contributed by atoms with Gasteiger partial charge in [-0.2, -0.15) is 0 Å². The molecule has 0 aromatic rings. The normalized spacial score (nSPS) is 19.2. The van der Waals surface area contributed by atoms with Crippen molar-refractivity contribution in [2.45, 2.75) is 59.2 Å². The highest BCUT2D eigenvalue weighted by atomic mass is 14.3. The first kappa shape index (κ1) is 12.1. The van der Waals surface area contributed by atoms with Crippen LogP contribution in [0.5, 0.6) is 0 Å². The third-order valence-corrected chi connectivity index (χ3v) is 3.01. The van der Waals surface area contributed by atoms with Crippen LogP contribution in [0.1, 0.15) is 53.9 Å². The van der Waals surface area contributed by atoms with Crippen LogP contribution in [0.3, 0.4) is 0 Å². The molecule has 0 rings (SSSR count). The molecule has 0 heterocycles. The Bertz CT molecular complexity index is 116. The molecule has 12 heavy (non-hydrogen) atoms. The fourth-order valence-corrected chi connectivity index (χ4v) is 2.00. The van der Waals surface area contributed by atoms with E-state index in [4.69, 9.17) is 7.85 Å². The van der Waals surface area contributed by atoms with Gasteiger partial charge in [-0.15, -0.1) is 0 Å². The van der Waals surface area contributed by atoms with E-state index in [-0.39, 0.29) is 5.31 Å². The van der Waals surface area contributed by atoms with Crippen molar-refractivity contribution in [1.82, 2.24) is 0 Å². The number of rotatable bonds is 5. The Labute approximate surface area is 79.5 Å². The van der Waals surface area contributed by atoms with E-state index in [0.717, 1.165) is 6.42 Å². The molecular formula is C11H23B. The highest BCUT2D eigenvalue weighted by Crippen LogP contribution is 2.42. The van der Waals surface area contributed by atoms with Crippen molar-refractivity contribution in [3.8, 4) is 0 Å². The Morgan fingerprint density at radius 2 is 1.75 bits per heavy atom. The average Bonchev–Trinajstić information content (AvgIpc) is 1.99. The van der Waals surface area contributed by atoms with E-state index in [9.17, 15) is 0 Å². The molecular weight excluding hydrogens is 143 g/mol. The Balaban J connectivity index is 4.27. The summed E-state index contributed by atoms with van der Waals surface area (Å²) < 4.78 is 0. The standard InChI is InChI=1S/C11H23B/c1-6-8-10(9(3)4)11(5,12)7-2/h9-10H,6-8H2,1-5H3. The predicted molar refractivity (Wildman–Crippen MR) is 57.6 cm³/mol. The first-order valence-corrected chi connectivity index (χ1v) is 5.24. The third-order valence-electron chi connectivity index (χ3n) is 3.01. The molecule has 0 saturated carbocycles. The number of hydrogen-bond acceptors (Lipinski definition) is 0. The summed E-state index contributed by atoms with van der Waals surface area (Å²) in [6.07, 6.45) is 3.59. The minimum absolute atomic E-state index is 0.0319. The fourth-order valence-electron chi connectivity index (χ4n) is 2.00. The largest absolute Gasteiger partial charge is 0.0746 e. The van der Waals surface area contributed by atoms with Crippen LogP contribution in [0.2, 0.25) is 5.31 Å². The van der Waals surface area contributed by atoms with Crippen molar-refractivity contribution in [1.29, 1.82) is 0 Å². The minimum Gasteiger partial charge on any atom is -0.0674 e. The summed E-state index contributed by atoms with van der Waals surface area (Å²) in [5, 5.41) is 0.0319. The van der Waals surface area contributed by atoms with Crippen LogP contribution >= 0.6 is 0 Å². The molecule has 0 saturated heterocycles. The molecule has 0 aromatic carbocycles. The van der Waals surface area contributed by atoms with Gasteiger partial charge in [0.1, 0.15) is 0 Å². The summed E-state index contributed by atoms with van der Waals surface area (Å²) in [6, 6.07) is 0. The fraction of sp³-hybridized carbons (Fsp3) is 1.00. The molecule has 0 aliphatic rings. The van der Waals surface area contributed by atoms with Crippen molar-refractivity contribution in [2.75, 3.05) is 0 Å². The van der Waals surface area contributed by atoms with Crippen LogP contribution in [-0.4, -0.2) is 7.85 Å². The summed E-state index contributed by atoms with van der Waals surface area (Å²) in [5.41, 5.74) is 0. The predicted octanol–water partition coefficient (Wildman–Crippen LogP) is 3.82. The lowest BCUT2D eigenvalue weighted by molar-refractivity contribution is 0.261. The van der Waals surface area contributed by atoms with Gasteiger partial charge in [0.25, 0.3) is 0 Å². The smallest absolute Gasteiger partial charge is 0.0674 e. The Hall–Kier alpha value is 0.0649. The summed E-state index contributed by atoms with van der Waals surface area (Å²) in [6.45, 7) is 11.2. The molecule has 2 radical (unpaired) electrons. The van der Waals surface area contributed by atoms with Crippen molar-refractivity contribution >= 4 is 7.85 Å². The molecule has 70 valence electrons. The van der Waals surface area contributed by atoms with E-state index in [0.29, 0.717) is 11.8 Å². The zero-order valence-electron chi connectivity index (χ0n) is 9.35. The van der Waals surface area contributed by atoms with Crippen LogP contribution in [0.25, 0.3) is 0 Å². The second-order valence-corrected chi connectivity index (χ2v) is 4.50. The molecule has 0 amide bonds. The van der Waals surface area contributed by atoms with Crippen molar-refractivity contribution in [3.63, 3.8) is 0 Å². The summed E-state index contributed by atoms with van der Waals surface area (Å²) in [5.74, 6) is 1.38. The van der Waals surface area contributed by atoms with Gasteiger partial charge in [0, 0.05) is 0 Å². The zero-order chi connectivity index (χ0) is 9.78. The number of hydrogen-bond donors (Lipinski definition) is 0. The van der Waals surface area contributed by atoms with Gasteiger partial charge in [-0.25, -0.2) is 0 Å². The Morgan fingerprint density at radius 1 is 1.25 bits per heavy atom. The second-order valence-electron chi connectivity index (χ2n) is 4.50. The van der Waals surface area contributed by atoms with Gasteiger partial charge in [-0.1, -0.05) is 59.2 Å². The van der Waals surface area contributed by atoms with Crippen LogP contribution in [-0.2, 0) is 0 Å². The zero-order valence-corrected chi connectivity index (χ0v) is 9.35. The lowest BCUT2D eigenvalue weighted by atomic mass is 9.56. The van der Waals surface area contributed by atoms with Crippen LogP contribution in [0.15, 0.2) is 0 Å². The SMILES string of the molecule is [B]C(C)(CC)C(CCC)C(C)C. The Morgan fingerprint density at radius 3 is 2.00 bits per heavy atom. The molecule has 0 nitrogen and oxygen atoms in total. The second kappa shape index (κ2) is 4.94. The lowest BCUT2D eigenvalue weighted by Gasteiger charge is -2.37. The van der Waals surface area contributed by atoms with Crippen molar-refractivity contribution in [3.05, 3.63) is 0 Å². The van der Waals surface area contributed by atoms with Gasteiger partial charge in [-0.3, -0.25) is 0 Å². The third kappa shape index (κ3) is 3.20. The molecule has 0 fully saturated rings.